The van der Waals surface area contributed by atoms with Gasteiger partial charge in [-0.2, -0.15) is 13.2 Å². The summed E-state index contributed by atoms with van der Waals surface area (Å²) < 4.78 is 44.8. The molecular formula is C28H28F3N5O3. The van der Waals surface area contributed by atoms with Gasteiger partial charge in [-0.3, -0.25) is 19.5 Å². The Bertz CT molecular complexity index is 1410. The van der Waals surface area contributed by atoms with Crippen LogP contribution in [0.5, 0.6) is 0 Å². The first-order chi connectivity index (χ1) is 18.7. The second kappa shape index (κ2) is 10.6. The number of carbonyl (C=O) groups excluding carboxylic acids is 2. The molecule has 0 spiro atoms. The van der Waals surface area contributed by atoms with Gasteiger partial charge in [0.25, 0.3) is 5.91 Å². The molecule has 2 aliphatic rings. The highest BCUT2D eigenvalue weighted by atomic mass is 19.4. The fourth-order valence-electron chi connectivity index (χ4n) is 5.06. The smallest absolute Gasteiger partial charge is 0.380 e. The van der Waals surface area contributed by atoms with Gasteiger partial charge in [-0.05, 0) is 61.7 Å². The van der Waals surface area contributed by atoms with Crippen LogP contribution in [0.2, 0.25) is 0 Å². The van der Waals surface area contributed by atoms with Crippen molar-refractivity contribution in [1.82, 2.24) is 9.97 Å². The number of hydrogen-bond acceptors (Lipinski definition) is 6. The molecule has 1 atom stereocenters. The van der Waals surface area contributed by atoms with Gasteiger partial charge in [0.05, 0.1) is 12.3 Å². The number of aromatic nitrogens is 2. The molecule has 1 saturated heterocycles. The normalized spacial score (nSPS) is 17.7. The van der Waals surface area contributed by atoms with Gasteiger partial charge in [0.15, 0.2) is 5.82 Å². The van der Waals surface area contributed by atoms with Gasteiger partial charge in [-0.1, -0.05) is 6.07 Å². The molecule has 0 bridgehead atoms. The lowest BCUT2D eigenvalue weighted by Crippen LogP contribution is -2.37. The van der Waals surface area contributed by atoms with E-state index in [-0.39, 0.29) is 17.5 Å². The van der Waals surface area contributed by atoms with Crippen LogP contribution in [0.25, 0.3) is 11.1 Å². The van der Waals surface area contributed by atoms with Crippen molar-refractivity contribution in [3.05, 3.63) is 65.6 Å². The molecule has 0 radical (unpaired) electrons. The van der Waals surface area contributed by atoms with Crippen LogP contribution in [0.15, 0.2) is 48.8 Å². The summed E-state index contributed by atoms with van der Waals surface area (Å²) in [6.07, 6.45) is -0.865. The van der Waals surface area contributed by atoms with E-state index in [2.05, 4.69) is 15.2 Å². The van der Waals surface area contributed by atoms with Gasteiger partial charge in [0, 0.05) is 61.4 Å². The Balaban J connectivity index is 1.49. The second-order valence-electron chi connectivity index (χ2n) is 9.57. The molecule has 1 N–H and O–H groups in total. The quantitative estimate of drug-likeness (QED) is 0.498. The second-order valence-corrected chi connectivity index (χ2v) is 9.57. The summed E-state index contributed by atoms with van der Waals surface area (Å²) in [7, 11) is 0. The number of rotatable bonds is 4. The average Bonchev–Trinajstić information content (AvgIpc) is 3.20. The number of ether oxygens (including phenoxy) is 1. The van der Waals surface area contributed by atoms with E-state index >= 15 is 0 Å². The van der Waals surface area contributed by atoms with Crippen molar-refractivity contribution in [3.8, 4) is 11.1 Å². The molecule has 0 aliphatic carbocycles. The maximum Gasteiger partial charge on any atom is 0.433 e. The SMILES string of the molecule is CCN1C(=O)CC2CCOCCN2c2cc(-c3cc(NC(=O)c4ccnc(C(F)(F)F)c4)ccc3C)cnc21. The summed E-state index contributed by atoms with van der Waals surface area (Å²) in [6.45, 7) is 6.12. The molecule has 0 saturated carbocycles. The lowest BCUT2D eigenvalue weighted by molar-refractivity contribution is -0.141. The fraction of sp³-hybridized carbons (Fsp3) is 0.357. The first-order valence-electron chi connectivity index (χ1n) is 12.8. The predicted octanol–water partition coefficient (Wildman–Crippen LogP) is 5.08. The number of carbonyl (C=O) groups is 2. The van der Waals surface area contributed by atoms with E-state index in [4.69, 9.17) is 9.72 Å². The highest BCUT2D eigenvalue weighted by Crippen LogP contribution is 2.39. The summed E-state index contributed by atoms with van der Waals surface area (Å²) in [4.78, 5) is 37.7. The summed E-state index contributed by atoms with van der Waals surface area (Å²) in [6, 6.07) is 9.26. The Morgan fingerprint density at radius 1 is 1.15 bits per heavy atom. The van der Waals surface area contributed by atoms with E-state index in [9.17, 15) is 22.8 Å². The van der Waals surface area contributed by atoms with E-state index in [0.717, 1.165) is 41.1 Å². The van der Waals surface area contributed by atoms with Crippen LogP contribution in [0.4, 0.5) is 30.4 Å². The number of pyridine rings is 2. The van der Waals surface area contributed by atoms with Crippen molar-refractivity contribution in [1.29, 1.82) is 0 Å². The molecule has 1 fully saturated rings. The number of hydrogen-bond donors (Lipinski definition) is 1. The van der Waals surface area contributed by atoms with Gasteiger partial charge < -0.3 is 15.0 Å². The lowest BCUT2D eigenvalue weighted by atomic mass is 10.00. The number of alkyl halides is 3. The van der Waals surface area contributed by atoms with Crippen molar-refractivity contribution >= 4 is 29.0 Å². The van der Waals surface area contributed by atoms with Crippen LogP contribution in [0.1, 0.15) is 41.4 Å². The number of nitrogens with one attached hydrogen (secondary N) is 1. The number of amides is 2. The Labute approximate surface area is 223 Å². The molecular weight excluding hydrogens is 511 g/mol. The summed E-state index contributed by atoms with van der Waals surface area (Å²) in [5.74, 6) is -0.0442. The number of fused-ring (bicyclic) bond motifs is 3. The molecule has 4 heterocycles. The molecule has 1 aromatic carbocycles. The van der Waals surface area contributed by atoms with Gasteiger partial charge in [0.2, 0.25) is 5.91 Å². The third-order valence-electron chi connectivity index (χ3n) is 7.07. The predicted molar refractivity (Wildman–Crippen MR) is 141 cm³/mol. The van der Waals surface area contributed by atoms with Crippen molar-refractivity contribution in [2.45, 2.75) is 38.9 Å². The zero-order valence-electron chi connectivity index (χ0n) is 21.6. The van der Waals surface area contributed by atoms with Crippen LogP contribution in [-0.4, -0.2) is 54.1 Å². The molecule has 39 heavy (non-hydrogen) atoms. The first-order valence-corrected chi connectivity index (χ1v) is 12.8. The molecule has 2 amide bonds. The van der Waals surface area contributed by atoms with Crippen LogP contribution in [-0.2, 0) is 15.7 Å². The maximum absolute atomic E-state index is 13.1. The Morgan fingerprint density at radius 3 is 2.74 bits per heavy atom. The summed E-state index contributed by atoms with van der Waals surface area (Å²) in [5, 5.41) is 2.69. The van der Waals surface area contributed by atoms with E-state index in [1.165, 1.54) is 6.07 Å². The number of aryl methyl sites for hydroxylation is 1. The molecule has 3 aromatic rings. The van der Waals surface area contributed by atoms with Crippen molar-refractivity contribution in [3.63, 3.8) is 0 Å². The van der Waals surface area contributed by atoms with Crippen LogP contribution in [0, 0.1) is 6.92 Å². The zero-order chi connectivity index (χ0) is 27.7. The zero-order valence-corrected chi connectivity index (χ0v) is 21.6. The Hall–Kier alpha value is -3.99. The first kappa shape index (κ1) is 26.6. The molecule has 204 valence electrons. The molecule has 8 nitrogen and oxygen atoms in total. The van der Waals surface area contributed by atoms with Crippen LogP contribution < -0.4 is 15.1 Å². The Kier molecular flexibility index (Phi) is 7.26. The topological polar surface area (TPSA) is 87.7 Å². The third kappa shape index (κ3) is 5.44. The fourth-order valence-corrected chi connectivity index (χ4v) is 5.06. The molecule has 1 unspecified atom stereocenters. The van der Waals surface area contributed by atoms with E-state index < -0.39 is 17.8 Å². The van der Waals surface area contributed by atoms with E-state index in [1.54, 1.807) is 23.2 Å². The monoisotopic (exact) mass is 539 g/mol. The highest BCUT2D eigenvalue weighted by Gasteiger charge is 2.35. The van der Waals surface area contributed by atoms with Crippen LogP contribution >= 0.6 is 0 Å². The molecule has 11 heteroatoms. The standard InChI is InChI=1S/C28H28F3N5O3/c1-3-35-25(37)15-21-7-10-39-11-9-36(21)23-12-19(16-33-26(23)35)22-14-20(5-4-17(22)2)34-27(38)18-6-8-32-24(13-18)28(29,30)31/h4-6,8,12-14,16,21H,3,7,9-11,15H2,1-2H3,(H,34,38). The van der Waals surface area contributed by atoms with Crippen molar-refractivity contribution < 1.29 is 27.5 Å². The minimum Gasteiger partial charge on any atom is -0.380 e. The number of anilines is 3. The van der Waals surface area contributed by atoms with Crippen molar-refractivity contribution in [2.75, 3.05) is 41.4 Å². The minimum atomic E-state index is -4.65. The third-order valence-corrected chi connectivity index (χ3v) is 7.07. The number of nitrogens with zero attached hydrogens (tertiary/aromatic N) is 4. The van der Waals surface area contributed by atoms with E-state index in [1.807, 2.05) is 26.0 Å². The van der Waals surface area contributed by atoms with Gasteiger partial charge >= 0.3 is 6.18 Å². The Morgan fingerprint density at radius 2 is 1.97 bits per heavy atom. The molecule has 2 aromatic heterocycles. The minimum absolute atomic E-state index is 0.000945. The van der Waals surface area contributed by atoms with Crippen LogP contribution in [0.3, 0.4) is 0 Å². The largest absolute Gasteiger partial charge is 0.433 e. The summed E-state index contributed by atoms with van der Waals surface area (Å²) in [5.41, 5.74) is 2.51. The van der Waals surface area contributed by atoms with Crippen molar-refractivity contribution in [2.24, 2.45) is 0 Å². The number of halogens is 3. The van der Waals surface area contributed by atoms with Gasteiger partial charge in [-0.25, -0.2) is 4.98 Å². The van der Waals surface area contributed by atoms with E-state index in [0.29, 0.717) is 44.2 Å². The molecule has 5 rings (SSSR count). The average molecular weight is 540 g/mol. The lowest BCUT2D eigenvalue weighted by Gasteiger charge is -2.30. The number of benzene rings is 1. The summed E-state index contributed by atoms with van der Waals surface area (Å²) >= 11 is 0. The maximum atomic E-state index is 13.1. The molecule has 2 aliphatic heterocycles. The highest BCUT2D eigenvalue weighted by molar-refractivity contribution is 6.04. The van der Waals surface area contributed by atoms with Gasteiger partial charge in [-0.15, -0.1) is 0 Å². The van der Waals surface area contributed by atoms with Gasteiger partial charge in [0.1, 0.15) is 5.69 Å².